The second-order valence-corrected chi connectivity index (χ2v) is 1.70. The van der Waals surface area contributed by atoms with Gasteiger partial charge >= 0.3 is 6.09 Å². The van der Waals surface area contributed by atoms with Gasteiger partial charge in [0.25, 0.3) is 5.91 Å². The van der Waals surface area contributed by atoms with Gasteiger partial charge in [-0.05, 0) is 0 Å². The Labute approximate surface area is 61.3 Å². The van der Waals surface area contributed by atoms with Crippen molar-refractivity contribution in [3.8, 4) is 0 Å². The average molecular weight is 155 g/mol. The molecule has 0 bridgehead atoms. The molecule has 6 heteroatoms. The molecule has 0 aromatic carbocycles. The Morgan fingerprint density at radius 2 is 2.36 bits per heavy atom. The summed E-state index contributed by atoms with van der Waals surface area (Å²) in [5.74, 6) is -0.782. The second kappa shape index (κ2) is 2.82. The molecule has 1 aromatic heterocycles. The summed E-state index contributed by atoms with van der Waals surface area (Å²) >= 11 is 0. The van der Waals surface area contributed by atoms with Gasteiger partial charge < -0.3 is 10.1 Å². The molecule has 0 aliphatic rings. The van der Waals surface area contributed by atoms with Crippen molar-refractivity contribution in [2.24, 2.45) is 0 Å². The number of carboxylic acid groups (broad SMARTS) is 1. The fourth-order valence-electron chi connectivity index (χ4n) is 0.546. The summed E-state index contributed by atoms with van der Waals surface area (Å²) in [6.45, 7) is 0. The highest BCUT2D eigenvalue weighted by Gasteiger charge is 2.09. The normalized spacial score (nSPS) is 9.09. The van der Waals surface area contributed by atoms with Crippen LogP contribution in [0.1, 0.15) is 10.6 Å². The summed E-state index contributed by atoms with van der Waals surface area (Å²) in [7, 11) is 0. The van der Waals surface area contributed by atoms with Crippen LogP contribution in [-0.4, -0.2) is 27.1 Å². The highest BCUT2D eigenvalue weighted by atomic mass is 16.4. The summed E-state index contributed by atoms with van der Waals surface area (Å²) in [6, 6.07) is 0. The van der Waals surface area contributed by atoms with E-state index in [1.807, 2.05) is 0 Å². The third-order valence-electron chi connectivity index (χ3n) is 0.934. The van der Waals surface area contributed by atoms with Crippen molar-refractivity contribution in [2.75, 3.05) is 0 Å². The number of nitrogens with zero attached hydrogens (tertiary/aromatic N) is 1. The van der Waals surface area contributed by atoms with Crippen molar-refractivity contribution in [1.82, 2.24) is 15.3 Å². The fraction of sp³-hybridized carbons (Fsp3) is 0. The first-order chi connectivity index (χ1) is 5.20. The molecule has 0 aliphatic heterocycles. The first-order valence-corrected chi connectivity index (χ1v) is 2.74. The number of nitrogens with one attached hydrogen (secondary N) is 2. The number of aromatic nitrogens is 2. The summed E-state index contributed by atoms with van der Waals surface area (Å²) in [4.78, 5) is 26.7. The van der Waals surface area contributed by atoms with E-state index in [4.69, 9.17) is 5.11 Å². The molecule has 3 N–H and O–H groups in total. The van der Waals surface area contributed by atoms with Crippen LogP contribution < -0.4 is 5.32 Å². The van der Waals surface area contributed by atoms with Crippen molar-refractivity contribution in [2.45, 2.75) is 0 Å². The van der Waals surface area contributed by atoms with Crippen molar-refractivity contribution in [1.29, 1.82) is 0 Å². The highest BCUT2D eigenvalue weighted by molar-refractivity contribution is 5.99. The maximum absolute atomic E-state index is 10.7. The Kier molecular flexibility index (Phi) is 1.86. The van der Waals surface area contributed by atoms with Gasteiger partial charge in [0.15, 0.2) is 5.82 Å². The third kappa shape index (κ3) is 1.78. The Hall–Kier alpha value is -1.85. The lowest BCUT2D eigenvalue weighted by Gasteiger charge is -1.93. The summed E-state index contributed by atoms with van der Waals surface area (Å²) in [6.07, 6.45) is 1.39. The predicted molar refractivity (Wildman–Crippen MR) is 34.1 cm³/mol. The standard InChI is InChI=1S/C5H5N3O3/c9-4(8-5(10)11)3-6-1-2-7-3/h1-2H,(H,6,7)(H,8,9)(H,10,11). The number of carbonyl (C=O) groups excluding carboxylic acids is 1. The monoisotopic (exact) mass is 155 g/mol. The number of carbonyl (C=O) groups is 2. The van der Waals surface area contributed by atoms with Gasteiger partial charge in [0.05, 0.1) is 0 Å². The minimum Gasteiger partial charge on any atom is -0.465 e. The molecule has 1 rings (SSSR count). The molecule has 11 heavy (non-hydrogen) atoms. The molecule has 0 atom stereocenters. The van der Waals surface area contributed by atoms with E-state index < -0.39 is 12.0 Å². The van der Waals surface area contributed by atoms with Gasteiger partial charge in [-0.25, -0.2) is 9.78 Å². The highest BCUT2D eigenvalue weighted by Crippen LogP contribution is 1.86. The molecule has 0 spiro atoms. The van der Waals surface area contributed by atoms with E-state index in [-0.39, 0.29) is 5.82 Å². The van der Waals surface area contributed by atoms with Crippen LogP contribution in [0.3, 0.4) is 0 Å². The Morgan fingerprint density at radius 1 is 1.64 bits per heavy atom. The summed E-state index contributed by atoms with van der Waals surface area (Å²) in [5.41, 5.74) is 0. The van der Waals surface area contributed by atoms with E-state index in [0.717, 1.165) is 0 Å². The number of hydrogen-bond acceptors (Lipinski definition) is 3. The van der Waals surface area contributed by atoms with E-state index >= 15 is 0 Å². The lowest BCUT2D eigenvalue weighted by atomic mass is 10.6. The van der Waals surface area contributed by atoms with Gasteiger partial charge in [-0.3, -0.25) is 10.1 Å². The lowest BCUT2D eigenvalue weighted by molar-refractivity contribution is 0.0939. The average Bonchev–Trinajstić information content (AvgIpc) is 2.35. The summed E-state index contributed by atoms with van der Waals surface area (Å²) < 4.78 is 0. The number of amides is 2. The van der Waals surface area contributed by atoms with Crippen LogP contribution in [0.5, 0.6) is 0 Å². The minimum absolute atomic E-state index is 0.0209. The zero-order valence-corrected chi connectivity index (χ0v) is 5.37. The van der Waals surface area contributed by atoms with Crippen molar-refractivity contribution >= 4 is 12.0 Å². The fourth-order valence-corrected chi connectivity index (χ4v) is 0.546. The molecular weight excluding hydrogens is 150 g/mol. The third-order valence-corrected chi connectivity index (χ3v) is 0.934. The topological polar surface area (TPSA) is 95.1 Å². The number of aromatic amines is 1. The molecule has 1 aromatic rings. The van der Waals surface area contributed by atoms with Crippen LogP contribution in [0, 0.1) is 0 Å². The van der Waals surface area contributed by atoms with Crippen LogP contribution in [-0.2, 0) is 0 Å². The van der Waals surface area contributed by atoms with E-state index in [2.05, 4.69) is 9.97 Å². The molecule has 0 radical (unpaired) electrons. The molecule has 1 heterocycles. The van der Waals surface area contributed by atoms with Crippen LogP contribution >= 0.6 is 0 Å². The van der Waals surface area contributed by atoms with Gasteiger partial charge in [-0.2, -0.15) is 0 Å². The molecule has 0 saturated heterocycles. The molecule has 6 nitrogen and oxygen atoms in total. The molecule has 58 valence electrons. The van der Waals surface area contributed by atoms with Crippen molar-refractivity contribution in [3.63, 3.8) is 0 Å². The van der Waals surface area contributed by atoms with Crippen LogP contribution in [0.4, 0.5) is 4.79 Å². The SMILES string of the molecule is O=C(O)NC(=O)c1ncc[nH]1. The zero-order valence-electron chi connectivity index (χ0n) is 5.37. The number of hydrogen-bond donors (Lipinski definition) is 3. The van der Waals surface area contributed by atoms with Crippen LogP contribution in [0.15, 0.2) is 12.4 Å². The number of rotatable bonds is 1. The van der Waals surface area contributed by atoms with Crippen LogP contribution in [0.2, 0.25) is 0 Å². The molecule has 0 unspecified atom stereocenters. The Morgan fingerprint density at radius 3 is 2.82 bits per heavy atom. The first-order valence-electron chi connectivity index (χ1n) is 2.74. The predicted octanol–water partition coefficient (Wildman–Crippen LogP) is -0.183. The number of H-pyrrole nitrogens is 1. The van der Waals surface area contributed by atoms with Gasteiger partial charge in [0.2, 0.25) is 0 Å². The van der Waals surface area contributed by atoms with Gasteiger partial charge in [-0.15, -0.1) is 0 Å². The first kappa shape index (κ1) is 7.26. The molecular formula is C5H5N3O3. The van der Waals surface area contributed by atoms with E-state index in [1.54, 1.807) is 5.32 Å². The minimum atomic E-state index is -1.40. The lowest BCUT2D eigenvalue weighted by Crippen LogP contribution is -2.29. The van der Waals surface area contributed by atoms with E-state index in [1.165, 1.54) is 12.4 Å². The molecule has 0 aliphatic carbocycles. The van der Waals surface area contributed by atoms with Gasteiger partial charge in [0.1, 0.15) is 0 Å². The molecule has 2 amide bonds. The van der Waals surface area contributed by atoms with Gasteiger partial charge in [0, 0.05) is 12.4 Å². The Balaban J connectivity index is 2.64. The summed E-state index contributed by atoms with van der Waals surface area (Å²) in [5, 5.41) is 9.74. The maximum atomic E-state index is 10.7. The smallest absolute Gasteiger partial charge is 0.411 e. The van der Waals surface area contributed by atoms with E-state index in [9.17, 15) is 9.59 Å². The Bertz CT molecular complexity index is 267. The number of imide groups is 1. The van der Waals surface area contributed by atoms with Crippen molar-refractivity contribution < 1.29 is 14.7 Å². The number of imidazole rings is 1. The van der Waals surface area contributed by atoms with E-state index in [0.29, 0.717) is 0 Å². The molecule has 0 saturated carbocycles. The second-order valence-electron chi connectivity index (χ2n) is 1.70. The van der Waals surface area contributed by atoms with Gasteiger partial charge in [-0.1, -0.05) is 0 Å². The van der Waals surface area contributed by atoms with Crippen LogP contribution in [0.25, 0.3) is 0 Å². The van der Waals surface area contributed by atoms with Crippen molar-refractivity contribution in [3.05, 3.63) is 18.2 Å². The quantitative estimate of drug-likeness (QED) is 0.524. The maximum Gasteiger partial charge on any atom is 0.411 e. The zero-order chi connectivity index (χ0) is 8.27. The molecule has 0 fully saturated rings. The largest absolute Gasteiger partial charge is 0.465 e.